The van der Waals surface area contributed by atoms with Crippen molar-refractivity contribution in [3.8, 4) is 0 Å². The first-order valence-electron chi connectivity index (χ1n) is 6.94. The van der Waals surface area contributed by atoms with E-state index < -0.39 is 0 Å². The van der Waals surface area contributed by atoms with Crippen LogP contribution in [0, 0.1) is 0 Å². The summed E-state index contributed by atoms with van der Waals surface area (Å²) in [6, 6.07) is 5.83. The minimum absolute atomic E-state index is 0.225. The molecule has 0 saturated heterocycles. The number of carbonyl (C=O) groups excluding carboxylic acids is 2. The van der Waals surface area contributed by atoms with Crippen molar-refractivity contribution in [1.82, 2.24) is 0 Å². The lowest BCUT2D eigenvalue weighted by Gasteiger charge is -2.23. The molecule has 19 heavy (non-hydrogen) atoms. The molecule has 2 nitrogen and oxygen atoms in total. The van der Waals surface area contributed by atoms with Crippen molar-refractivity contribution >= 4 is 24.2 Å². The van der Waals surface area contributed by atoms with E-state index in [4.69, 9.17) is 11.6 Å². The molecule has 1 unspecified atom stereocenters. The first kappa shape index (κ1) is 14.3. The Balaban J connectivity index is 2.20. The highest BCUT2D eigenvalue weighted by Gasteiger charge is 2.19. The molecule has 0 spiro atoms. The minimum atomic E-state index is -0.365. The van der Waals surface area contributed by atoms with Gasteiger partial charge in [-0.3, -0.25) is 0 Å². The number of hydrogen-bond donors (Lipinski definition) is 0. The SMILES string of the molecule is O=CCC(C=O)c1ccc(C2CCCCC2)c(Cl)c1. The van der Waals surface area contributed by atoms with Gasteiger partial charge in [0.2, 0.25) is 0 Å². The standard InChI is InChI=1S/C16H19ClO2/c17-16-10-13(14(11-19)8-9-18)6-7-15(16)12-4-2-1-3-5-12/h6-7,9-12,14H,1-5,8H2. The Morgan fingerprint density at radius 2 is 1.95 bits per heavy atom. The first-order chi connectivity index (χ1) is 9.26. The van der Waals surface area contributed by atoms with Gasteiger partial charge in [-0.1, -0.05) is 43.0 Å². The van der Waals surface area contributed by atoms with Gasteiger partial charge in [0.05, 0.1) is 0 Å². The van der Waals surface area contributed by atoms with Gasteiger partial charge in [-0.2, -0.15) is 0 Å². The Morgan fingerprint density at radius 3 is 2.53 bits per heavy atom. The highest BCUT2D eigenvalue weighted by molar-refractivity contribution is 6.31. The Labute approximate surface area is 119 Å². The topological polar surface area (TPSA) is 34.1 Å². The van der Waals surface area contributed by atoms with Crippen molar-refractivity contribution in [3.05, 3.63) is 34.3 Å². The molecule has 1 aliphatic carbocycles. The van der Waals surface area contributed by atoms with E-state index in [1.807, 2.05) is 18.2 Å². The molecule has 3 heteroatoms. The second-order valence-electron chi connectivity index (χ2n) is 5.26. The fraction of sp³-hybridized carbons (Fsp3) is 0.500. The molecule has 1 aromatic carbocycles. The summed E-state index contributed by atoms with van der Waals surface area (Å²) in [4.78, 5) is 21.5. The van der Waals surface area contributed by atoms with Crippen LogP contribution in [0.5, 0.6) is 0 Å². The van der Waals surface area contributed by atoms with E-state index in [-0.39, 0.29) is 12.3 Å². The van der Waals surface area contributed by atoms with E-state index in [2.05, 4.69) is 0 Å². The number of halogens is 1. The predicted molar refractivity (Wildman–Crippen MR) is 76.8 cm³/mol. The fourth-order valence-electron chi connectivity index (χ4n) is 2.89. The molecule has 2 rings (SSSR count). The van der Waals surface area contributed by atoms with Crippen LogP contribution in [0.4, 0.5) is 0 Å². The van der Waals surface area contributed by atoms with E-state index in [1.54, 1.807) is 0 Å². The van der Waals surface area contributed by atoms with Gasteiger partial charge in [0.1, 0.15) is 12.6 Å². The second kappa shape index (κ2) is 6.85. The number of hydrogen-bond acceptors (Lipinski definition) is 2. The Kier molecular flexibility index (Phi) is 5.15. The molecule has 0 amide bonds. The van der Waals surface area contributed by atoms with Gasteiger partial charge in [-0.15, -0.1) is 0 Å². The van der Waals surface area contributed by atoms with Crippen molar-refractivity contribution < 1.29 is 9.59 Å². The van der Waals surface area contributed by atoms with Crippen LogP contribution in [-0.2, 0) is 9.59 Å². The lowest BCUT2D eigenvalue weighted by Crippen LogP contribution is -2.06. The van der Waals surface area contributed by atoms with Crippen LogP contribution >= 0.6 is 11.6 Å². The summed E-state index contributed by atoms with van der Waals surface area (Å²) in [5, 5.41) is 0.738. The lowest BCUT2D eigenvalue weighted by atomic mass is 9.83. The zero-order chi connectivity index (χ0) is 13.7. The Bertz CT molecular complexity index is 450. The summed E-state index contributed by atoms with van der Waals surface area (Å²) in [6.45, 7) is 0. The van der Waals surface area contributed by atoms with Crippen molar-refractivity contribution in [2.45, 2.75) is 50.4 Å². The predicted octanol–water partition coefficient (Wildman–Crippen LogP) is 4.26. The number of benzene rings is 1. The number of rotatable bonds is 5. The van der Waals surface area contributed by atoms with Crippen LogP contribution in [0.25, 0.3) is 0 Å². The zero-order valence-corrected chi connectivity index (χ0v) is 11.7. The van der Waals surface area contributed by atoms with E-state index in [9.17, 15) is 9.59 Å². The fourth-order valence-corrected chi connectivity index (χ4v) is 3.24. The third-order valence-electron chi connectivity index (χ3n) is 4.01. The highest BCUT2D eigenvalue weighted by Crippen LogP contribution is 2.37. The summed E-state index contributed by atoms with van der Waals surface area (Å²) in [5.41, 5.74) is 2.03. The summed E-state index contributed by atoms with van der Waals surface area (Å²) in [6.07, 6.45) is 8.08. The summed E-state index contributed by atoms with van der Waals surface area (Å²) >= 11 is 6.36. The second-order valence-corrected chi connectivity index (χ2v) is 5.67. The molecule has 0 N–H and O–H groups in total. The van der Waals surface area contributed by atoms with Gasteiger partial charge < -0.3 is 9.59 Å². The molecule has 1 fully saturated rings. The molecule has 1 aliphatic rings. The molecule has 0 bridgehead atoms. The first-order valence-corrected chi connectivity index (χ1v) is 7.32. The number of carbonyl (C=O) groups is 2. The van der Waals surface area contributed by atoms with E-state index in [0.717, 1.165) is 23.2 Å². The summed E-state index contributed by atoms with van der Waals surface area (Å²) in [5.74, 6) is 0.187. The maximum atomic E-state index is 11.0. The average molecular weight is 279 g/mol. The third kappa shape index (κ3) is 3.44. The van der Waals surface area contributed by atoms with Crippen LogP contribution in [-0.4, -0.2) is 12.6 Å². The quantitative estimate of drug-likeness (QED) is 0.754. The van der Waals surface area contributed by atoms with Crippen molar-refractivity contribution in [1.29, 1.82) is 0 Å². The van der Waals surface area contributed by atoms with Crippen LogP contribution in [0.1, 0.15) is 61.5 Å². The van der Waals surface area contributed by atoms with E-state index >= 15 is 0 Å². The molecular weight excluding hydrogens is 260 g/mol. The van der Waals surface area contributed by atoms with Crippen LogP contribution in [0.2, 0.25) is 5.02 Å². The van der Waals surface area contributed by atoms with Crippen molar-refractivity contribution in [3.63, 3.8) is 0 Å². The van der Waals surface area contributed by atoms with E-state index in [1.165, 1.54) is 37.7 Å². The smallest absolute Gasteiger partial charge is 0.127 e. The average Bonchev–Trinajstić information content (AvgIpc) is 2.45. The molecule has 102 valence electrons. The van der Waals surface area contributed by atoms with Gasteiger partial charge in [-0.25, -0.2) is 0 Å². The normalized spacial score (nSPS) is 17.9. The molecular formula is C16H19ClO2. The monoisotopic (exact) mass is 278 g/mol. The molecule has 0 aliphatic heterocycles. The highest BCUT2D eigenvalue weighted by atomic mass is 35.5. The molecule has 1 atom stereocenters. The van der Waals surface area contributed by atoms with Gasteiger partial charge >= 0.3 is 0 Å². The minimum Gasteiger partial charge on any atom is -0.303 e. The molecule has 1 saturated carbocycles. The van der Waals surface area contributed by atoms with Gasteiger partial charge in [0.25, 0.3) is 0 Å². The number of aldehydes is 2. The van der Waals surface area contributed by atoms with E-state index in [0.29, 0.717) is 5.92 Å². The molecule has 0 radical (unpaired) electrons. The summed E-state index contributed by atoms with van der Waals surface area (Å²) in [7, 11) is 0. The molecule has 0 aromatic heterocycles. The van der Waals surface area contributed by atoms with Gasteiger partial charge in [0, 0.05) is 17.4 Å². The van der Waals surface area contributed by atoms with Crippen molar-refractivity contribution in [2.24, 2.45) is 0 Å². The summed E-state index contributed by atoms with van der Waals surface area (Å²) < 4.78 is 0. The van der Waals surface area contributed by atoms with Crippen LogP contribution in [0.15, 0.2) is 18.2 Å². The lowest BCUT2D eigenvalue weighted by molar-refractivity contribution is -0.113. The maximum Gasteiger partial charge on any atom is 0.127 e. The zero-order valence-electron chi connectivity index (χ0n) is 11.0. The Hall–Kier alpha value is -1.15. The van der Waals surface area contributed by atoms with Crippen LogP contribution in [0.3, 0.4) is 0 Å². The van der Waals surface area contributed by atoms with Gasteiger partial charge in [-0.05, 0) is 36.0 Å². The third-order valence-corrected chi connectivity index (χ3v) is 4.34. The van der Waals surface area contributed by atoms with Crippen molar-refractivity contribution in [2.75, 3.05) is 0 Å². The van der Waals surface area contributed by atoms with Crippen LogP contribution < -0.4 is 0 Å². The molecule has 0 heterocycles. The van der Waals surface area contributed by atoms with Gasteiger partial charge in [0.15, 0.2) is 0 Å². The largest absolute Gasteiger partial charge is 0.303 e. The maximum absolute atomic E-state index is 11.0. The molecule has 1 aromatic rings. The Morgan fingerprint density at radius 1 is 1.21 bits per heavy atom.